The fraction of sp³-hybridized carbons (Fsp3) is 0.375. The van der Waals surface area contributed by atoms with Gasteiger partial charge in [0, 0.05) is 12.6 Å². The number of sulfonamides is 1. The molecule has 1 N–H and O–H groups in total. The van der Waals surface area contributed by atoms with E-state index in [1.54, 1.807) is 60.7 Å². The maximum absolute atomic E-state index is 14.2. The summed E-state index contributed by atoms with van der Waals surface area (Å²) in [6.45, 7) is 3.64. The molecular weight excluding hydrogens is 609 g/mol. The molecule has 11 heteroatoms. The number of amides is 2. The van der Waals surface area contributed by atoms with E-state index in [2.05, 4.69) is 5.32 Å². The largest absolute Gasteiger partial charge is 0.494 e. The molecule has 4 rings (SSSR count). The quantitative estimate of drug-likeness (QED) is 0.230. The third-order valence-electron chi connectivity index (χ3n) is 7.47. The molecule has 1 saturated carbocycles. The molecule has 1 fully saturated rings. The Bertz CT molecular complexity index is 1500. The van der Waals surface area contributed by atoms with Gasteiger partial charge in [0.15, 0.2) is 0 Å². The Hall–Kier alpha value is -3.27. The summed E-state index contributed by atoms with van der Waals surface area (Å²) in [6.07, 6.45) is 4.21. The lowest BCUT2D eigenvalue weighted by Gasteiger charge is -2.33. The molecule has 1 aliphatic rings. The van der Waals surface area contributed by atoms with E-state index in [9.17, 15) is 18.0 Å². The highest BCUT2D eigenvalue weighted by Gasteiger charge is 2.34. The lowest BCUT2D eigenvalue weighted by atomic mass is 10.1. The maximum Gasteiger partial charge on any atom is 0.264 e. The molecule has 0 saturated heterocycles. The highest BCUT2D eigenvalue weighted by molar-refractivity contribution is 7.92. The van der Waals surface area contributed by atoms with Gasteiger partial charge >= 0.3 is 0 Å². The Morgan fingerprint density at radius 1 is 0.953 bits per heavy atom. The minimum absolute atomic E-state index is 0.00894. The number of nitrogens with zero attached hydrogens (tertiary/aromatic N) is 2. The Kier molecular flexibility index (Phi) is 11.3. The smallest absolute Gasteiger partial charge is 0.264 e. The Balaban J connectivity index is 1.70. The molecule has 1 aliphatic carbocycles. The van der Waals surface area contributed by atoms with Crippen molar-refractivity contribution in [3.05, 3.63) is 88.4 Å². The highest BCUT2D eigenvalue weighted by Crippen LogP contribution is 2.28. The van der Waals surface area contributed by atoms with E-state index in [1.165, 1.54) is 17.0 Å². The van der Waals surface area contributed by atoms with Crippen LogP contribution < -0.4 is 14.4 Å². The van der Waals surface area contributed by atoms with Crippen molar-refractivity contribution in [3.63, 3.8) is 0 Å². The predicted molar refractivity (Wildman–Crippen MR) is 170 cm³/mol. The van der Waals surface area contributed by atoms with Gasteiger partial charge in [-0.2, -0.15) is 0 Å². The topological polar surface area (TPSA) is 96.0 Å². The SMILES string of the molecule is CCOc1ccc(S(=O)(=O)N(CC(=O)N(Cc2ccc(Cl)c(Cl)c2)[C@@H](CC)C(=O)NC2CCCC2)c2ccccc2)cc1. The number of para-hydroxylation sites is 1. The second-order valence-corrected chi connectivity index (χ2v) is 13.1. The Morgan fingerprint density at radius 2 is 1.63 bits per heavy atom. The summed E-state index contributed by atoms with van der Waals surface area (Å²) in [6, 6.07) is 18.8. The molecule has 0 aliphatic heterocycles. The molecule has 0 heterocycles. The second kappa shape index (κ2) is 14.9. The summed E-state index contributed by atoms with van der Waals surface area (Å²) < 4.78 is 34.6. The van der Waals surface area contributed by atoms with Crippen LogP contribution >= 0.6 is 23.2 Å². The number of rotatable bonds is 13. The van der Waals surface area contributed by atoms with Crippen molar-refractivity contribution in [3.8, 4) is 5.75 Å². The molecule has 1 atom stereocenters. The summed E-state index contributed by atoms with van der Waals surface area (Å²) in [4.78, 5) is 29.2. The van der Waals surface area contributed by atoms with Gasteiger partial charge in [0.2, 0.25) is 11.8 Å². The van der Waals surface area contributed by atoms with Crippen LogP contribution in [0, 0.1) is 0 Å². The number of hydrogen-bond donors (Lipinski definition) is 1. The van der Waals surface area contributed by atoms with Crippen molar-refractivity contribution in [1.82, 2.24) is 10.2 Å². The maximum atomic E-state index is 14.2. The normalized spacial score (nSPS) is 14.2. The van der Waals surface area contributed by atoms with E-state index >= 15 is 0 Å². The standard InChI is InChI=1S/C32H37Cl2N3O5S/c1-3-30(32(39)35-24-10-8-9-11-24)36(21-23-14-19-28(33)29(34)20-23)31(38)22-37(25-12-6-5-7-13-25)43(40,41)27-17-15-26(16-18-27)42-4-2/h5-7,12-20,24,30H,3-4,8-11,21-22H2,1-2H3,(H,35,39)/t30-/m0/s1. The molecule has 3 aromatic rings. The molecule has 3 aromatic carbocycles. The van der Waals surface area contributed by atoms with Gasteiger partial charge in [0.05, 0.1) is 27.2 Å². The van der Waals surface area contributed by atoms with Gasteiger partial charge in [-0.1, -0.05) is 67.2 Å². The molecular formula is C32H37Cl2N3O5S. The van der Waals surface area contributed by atoms with E-state index in [0.717, 1.165) is 30.0 Å². The molecule has 43 heavy (non-hydrogen) atoms. The Labute approximate surface area is 264 Å². The number of anilines is 1. The van der Waals surface area contributed by atoms with Crippen molar-refractivity contribution in [2.24, 2.45) is 0 Å². The number of halogens is 2. The molecule has 0 radical (unpaired) electrons. The first kappa shape index (κ1) is 32.6. The van der Waals surface area contributed by atoms with Crippen LogP contribution in [-0.2, 0) is 26.2 Å². The summed E-state index contributed by atoms with van der Waals surface area (Å²) in [5.74, 6) is -0.253. The van der Waals surface area contributed by atoms with Gasteiger partial charge in [-0.3, -0.25) is 13.9 Å². The summed E-state index contributed by atoms with van der Waals surface area (Å²) in [5.41, 5.74) is 0.984. The van der Waals surface area contributed by atoms with Gasteiger partial charge < -0.3 is 15.0 Å². The molecule has 8 nitrogen and oxygen atoms in total. The third-order valence-corrected chi connectivity index (χ3v) is 10.00. The number of hydrogen-bond acceptors (Lipinski definition) is 5. The monoisotopic (exact) mass is 645 g/mol. The first-order valence-electron chi connectivity index (χ1n) is 14.5. The van der Waals surface area contributed by atoms with Gasteiger partial charge in [-0.25, -0.2) is 8.42 Å². The second-order valence-electron chi connectivity index (χ2n) is 10.4. The Morgan fingerprint density at radius 3 is 2.23 bits per heavy atom. The molecule has 0 bridgehead atoms. The van der Waals surface area contributed by atoms with Crippen LogP contribution in [0.3, 0.4) is 0 Å². The average molecular weight is 647 g/mol. The molecule has 0 spiro atoms. The van der Waals surface area contributed by atoms with E-state index in [1.807, 2.05) is 13.8 Å². The van der Waals surface area contributed by atoms with Crippen molar-refractivity contribution in [1.29, 1.82) is 0 Å². The zero-order chi connectivity index (χ0) is 31.0. The van der Waals surface area contributed by atoms with Crippen LogP contribution in [0.4, 0.5) is 5.69 Å². The van der Waals surface area contributed by atoms with E-state index < -0.39 is 28.5 Å². The lowest BCUT2D eigenvalue weighted by molar-refractivity contribution is -0.140. The molecule has 0 unspecified atom stereocenters. The lowest BCUT2D eigenvalue weighted by Crippen LogP contribution is -2.53. The van der Waals surface area contributed by atoms with Crippen LogP contribution in [0.15, 0.2) is 77.7 Å². The first-order chi connectivity index (χ1) is 20.6. The van der Waals surface area contributed by atoms with Crippen LogP contribution in [0.2, 0.25) is 10.0 Å². The number of benzene rings is 3. The summed E-state index contributed by atoms with van der Waals surface area (Å²) >= 11 is 12.4. The number of nitrogens with one attached hydrogen (secondary N) is 1. The van der Waals surface area contributed by atoms with Gasteiger partial charge in [-0.05, 0) is 80.3 Å². The third kappa shape index (κ3) is 8.22. The zero-order valence-corrected chi connectivity index (χ0v) is 26.7. The number of ether oxygens (including phenoxy) is 1. The minimum Gasteiger partial charge on any atom is -0.494 e. The van der Waals surface area contributed by atoms with Gasteiger partial charge in [-0.15, -0.1) is 0 Å². The van der Waals surface area contributed by atoms with Crippen molar-refractivity contribution in [2.75, 3.05) is 17.5 Å². The van der Waals surface area contributed by atoms with Crippen LogP contribution in [0.25, 0.3) is 0 Å². The van der Waals surface area contributed by atoms with Crippen molar-refractivity contribution >= 4 is 50.7 Å². The fourth-order valence-corrected chi connectivity index (χ4v) is 6.98. The van der Waals surface area contributed by atoms with Crippen LogP contribution in [0.1, 0.15) is 51.5 Å². The summed E-state index contributed by atoms with van der Waals surface area (Å²) in [5, 5.41) is 3.79. The van der Waals surface area contributed by atoms with Crippen molar-refractivity contribution in [2.45, 2.75) is 69.5 Å². The van der Waals surface area contributed by atoms with Gasteiger partial charge in [0.1, 0.15) is 18.3 Å². The molecule has 2 amide bonds. The number of carbonyl (C=O) groups is 2. The van der Waals surface area contributed by atoms with Crippen molar-refractivity contribution < 1.29 is 22.7 Å². The first-order valence-corrected chi connectivity index (χ1v) is 16.7. The number of carbonyl (C=O) groups excluding carboxylic acids is 2. The molecule has 0 aromatic heterocycles. The molecule has 230 valence electrons. The minimum atomic E-state index is -4.18. The average Bonchev–Trinajstić information content (AvgIpc) is 3.51. The zero-order valence-electron chi connectivity index (χ0n) is 24.3. The summed E-state index contributed by atoms with van der Waals surface area (Å²) in [7, 11) is -4.18. The fourth-order valence-electron chi connectivity index (χ4n) is 5.25. The predicted octanol–water partition coefficient (Wildman–Crippen LogP) is 6.45. The van der Waals surface area contributed by atoms with E-state index in [4.69, 9.17) is 27.9 Å². The highest BCUT2D eigenvalue weighted by atomic mass is 35.5. The van der Waals surface area contributed by atoms with Crippen LogP contribution in [-0.4, -0.2) is 50.4 Å². The van der Waals surface area contributed by atoms with Gasteiger partial charge in [0.25, 0.3) is 10.0 Å². The van der Waals surface area contributed by atoms with Crippen LogP contribution in [0.5, 0.6) is 5.75 Å². The van der Waals surface area contributed by atoms with E-state index in [0.29, 0.717) is 40.1 Å². The van der Waals surface area contributed by atoms with E-state index in [-0.39, 0.29) is 23.4 Å².